The number of nitrogens with one attached hydrogen (secondary N) is 2. The van der Waals surface area contributed by atoms with E-state index in [2.05, 4.69) is 15.0 Å². The van der Waals surface area contributed by atoms with E-state index >= 15 is 0 Å². The van der Waals surface area contributed by atoms with Crippen molar-refractivity contribution in [3.05, 3.63) is 54.4 Å². The van der Waals surface area contributed by atoms with E-state index < -0.39 is 10.0 Å². The Morgan fingerprint density at radius 1 is 1.05 bits per heavy atom. The standard InChI is InChI=1S/C13H15N3O2S/c1-19(17,18)16-13-8-3-2-7-12(13)15-10-11-6-4-5-9-14-11/h2-9,15-16H,10H2,1H3. The van der Waals surface area contributed by atoms with Crippen molar-refractivity contribution in [3.8, 4) is 0 Å². The van der Waals surface area contributed by atoms with Crippen molar-refractivity contribution in [3.63, 3.8) is 0 Å². The third-order valence-electron chi connectivity index (χ3n) is 2.41. The highest BCUT2D eigenvalue weighted by Gasteiger charge is 2.06. The normalized spacial score (nSPS) is 11.0. The van der Waals surface area contributed by atoms with E-state index in [1.807, 2.05) is 30.3 Å². The molecule has 0 saturated heterocycles. The molecule has 1 aromatic heterocycles. The smallest absolute Gasteiger partial charge is 0.229 e. The van der Waals surface area contributed by atoms with Gasteiger partial charge in [-0.1, -0.05) is 18.2 Å². The second kappa shape index (κ2) is 5.71. The molecule has 2 aromatic rings. The summed E-state index contributed by atoms with van der Waals surface area (Å²) in [6.45, 7) is 0.531. The molecule has 0 aliphatic rings. The topological polar surface area (TPSA) is 71.1 Å². The first kappa shape index (κ1) is 13.4. The number of pyridine rings is 1. The maximum Gasteiger partial charge on any atom is 0.229 e. The van der Waals surface area contributed by atoms with Gasteiger partial charge in [0.15, 0.2) is 0 Å². The van der Waals surface area contributed by atoms with Gasteiger partial charge in [0.2, 0.25) is 10.0 Å². The van der Waals surface area contributed by atoms with Gasteiger partial charge in [0.05, 0.1) is 29.9 Å². The van der Waals surface area contributed by atoms with Crippen LogP contribution >= 0.6 is 0 Å². The Hall–Kier alpha value is -2.08. The quantitative estimate of drug-likeness (QED) is 0.877. The molecule has 2 N–H and O–H groups in total. The molecule has 0 fully saturated rings. The molecule has 0 aliphatic heterocycles. The van der Waals surface area contributed by atoms with E-state index in [9.17, 15) is 8.42 Å². The van der Waals surface area contributed by atoms with Crippen LogP contribution in [0.2, 0.25) is 0 Å². The molecule has 0 amide bonds. The summed E-state index contributed by atoms with van der Waals surface area (Å²) >= 11 is 0. The maximum absolute atomic E-state index is 11.3. The number of hydrogen-bond acceptors (Lipinski definition) is 4. The van der Waals surface area contributed by atoms with Gasteiger partial charge in [0.25, 0.3) is 0 Å². The van der Waals surface area contributed by atoms with Crippen LogP contribution in [0.15, 0.2) is 48.7 Å². The van der Waals surface area contributed by atoms with Gasteiger partial charge >= 0.3 is 0 Å². The van der Waals surface area contributed by atoms with E-state index in [4.69, 9.17) is 0 Å². The second-order valence-electron chi connectivity index (χ2n) is 4.09. The SMILES string of the molecule is CS(=O)(=O)Nc1ccccc1NCc1ccccn1. The molecule has 0 atom stereocenters. The Kier molecular flexibility index (Phi) is 4.01. The lowest BCUT2D eigenvalue weighted by molar-refractivity contribution is 0.607. The second-order valence-corrected chi connectivity index (χ2v) is 5.84. The Morgan fingerprint density at radius 3 is 2.37 bits per heavy atom. The van der Waals surface area contributed by atoms with Crippen LogP contribution in [-0.4, -0.2) is 19.7 Å². The van der Waals surface area contributed by atoms with E-state index in [-0.39, 0.29) is 0 Å². The molecule has 0 spiro atoms. The third-order valence-corrected chi connectivity index (χ3v) is 3.00. The molecule has 0 radical (unpaired) electrons. The third kappa shape index (κ3) is 4.26. The van der Waals surface area contributed by atoms with Gasteiger partial charge in [0, 0.05) is 6.20 Å². The molecule has 5 nitrogen and oxygen atoms in total. The molecule has 6 heteroatoms. The highest BCUT2D eigenvalue weighted by atomic mass is 32.2. The first-order valence-electron chi connectivity index (χ1n) is 5.75. The minimum absolute atomic E-state index is 0.529. The zero-order valence-corrected chi connectivity index (χ0v) is 11.3. The number of nitrogens with zero attached hydrogens (tertiary/aromatic N) is 1. The van der Waals surface area contributed by atoms with E-state index in [1.165, 1.54) is 0 Å². The fourth-order valence-corrected chi connectivity index (χ4v) is 2.19. The lowest BCUT2D eigenvalue weighted by Gasteiger charge is -2.12. The van der Waals surface area contributed by atoms with Gasteiger partial charge in [0.1, 0.15) is 0 Å². The number of sulfonamides is 1. The Balaban J connectivity index is 2.12. The highest BCUT2D eigenvalue weighted by Crippen LogP contribution is 2.22. The lowest BCUT2D eigenvalue weighted by atomic mass is 10.2. The summed E-state index contributed by atoms with van der Waals surface area (Å²) < 4.78 is 25.0. The van der Waals surface area contributed by atoms with Crippen molar-refractivity contribution in [2.75, 3.05) is 16.3 Å². The predicted molar refractivity (Wildman–Crippen MR) is 76.5 cm³/mol. The molecule has 19 heavy (non-hydrogen) atoms. The van der Waals surface area contributed by atoms with Gasteiger partial charge in [-0.25, -0.2) is 8.42 Å². The summed E-state index contributed by atoms with van der Waals surface area (Å²) in [6.07, 6.45) is 2.85. The summed E-state index contributed by atoms with van der Waals surface area (Å²) in [6, 6.07) is 12.8. The average Bonchev–Trinajstić information content (AvgIpc) is 2.37. The Morgan fingerprint density at radius 2 is 1.74 bits per heavy atom. The van der Waals surface area contributed by atoms with Crippen LogP contribution in [0.25, 0.3) is 0 Å². The van der Waals surface area contributed by atoms with Crippen molar-refractivity contribution >= 4 is 21.4 Å². The first-order valence-corrected chi connectivity index (χ1v) is 7.64. The van der Waals surface area contributed by atoms with E-state index in [0.29, 0.717) is 12.2 Å². The summed E-state index contributed by atoms with van der Waals surface area (Å²) in [4.78, 5) is 4.20. The van der Waals surface area contributed by atoms with Crippen molar-refractivity contribution in [2.45, 2.75) is 6.54 Å². The lowest BCUT2D eigenvalue weighted by Crippen LogP contribution is -2.12. The monoisotopic (exact) mass is 277 g/mol. The molecule has 0 aliphatic carbocycles. The largest absolute Gasteiger partial charge is 0.378 e. The van der Waals surface area contributed by atoms with Gasteiger partial charge in [-0.15, -0.1) is 0 Å². The zero-order chi connectivity index (χ0) is 13.7. The number of para-hydroxylation sites is 2. The number of anilines is 2. The summed E-state index contributed by atoms with van der Waals surface area (Å²) in [7, 11) is -3.29. The number of benzene rings is 1. The highest BCUT2D eigenvalue weighted by molar-refractivity contribution is 7.92. The van der Waals surface area contributed by atoms with Crippen LogP contribution in [-0.2, 0) is 16.6 Å². The molecule has 0 saturated carbocycles. The minimum Gasteiger partial charge on any atom is -0.378 e. The van der Waals surface area contributed by atoms with Crippen LogP contribution < -0.4 is 10.0 Å². The molecule has 0 unspecified atom stereocenters. The fraction of sp³-hybridized carbons (Fsp3) is 0.154. The maximum atomic E-state index is 11.3. The van der Waals surface area contributed by atoms with Crippen LogP contribution in [0.5, 0.6) is 0 Å². The molecular formula is C13H15N3O2S. The molecule has 1 heterocycles. The Labute approximate surface area is 112 Å². The van der Waals surface area contributed by atoms with Gasteiger partial charge in [-0.05, 0) is 24.3 Å². The predicted octanol–water partition coefficient (Wildman–Crippen LogP) is 2.07. The number of hydrogen-bond donors (Lipinski definition) is 2. The van der Waals surface area contributed by atoms with Gasteiger partial charge < -0.3 is 5.32 Å². The summed E-state index contributed by atoms with van der Waals surface area (Å²) in [5.41, 5.74) is 2.14. The van der Waals surface area contributed by atoms with Crippen LogP contribution in [0.3, 0.4) is 0 Å². The molecule has 1 aromatic carbocycles. The average molecular weight is 277 g/mol. The van der Waals surface area contributed by atoms with Crippen molar-refractivity contribution < 1.29 is 8.42 Å². The van der Waals surface area contributed by atoms with Crippen LogP contribution in [0, 0.1) is 0 Å². The number of rotatable bonds is 5. The summed E-state index contributed by atoms with van der Waals surface area (Å²) in [5, 5.41) is 3.16. The van der Waals surface area contributed by atoms with Crippen LogP contribution in [0.4, 0.5) is 11.4 Å². The first-order chi connectivity index (χ1) is 9.04. The molecular weight excluding hydrogens is 262 g/mol. The van der Waals surface area contributed by atoms with Crippen molar-refractivity contribution in [2.24, 2.45) is 0 Å². The zero-order valence-electron chi connectivity index (χ0n) is 10.5. The molecule has 2 rings (SSSR count). The minimum atomic E-state index is -3.29. The van der Waals surface area contributed by atoms with Crippen molar-refractivity contribution in [1.29, 1.82) is 0 Å². The molecule has 100 valence electrons. The van der Waals surface area contributed by atoms with Crippen LogP contribution in [0.1, 0.15) is 5.69 Å². The Bertz CT molecular complexity index is 642. The number of aromatic nitrogens is 1. The van der Waals surface area contributed by atoms with E-state index in [0.717, 1.165) is 17.6 Å². The van der Waals surface area contributed by atoms with Gasteiger partial charge in [-0.2, -0.15) is 0 Å². The fourth-order valence-electron chi connectivity index (χ4n) is 1.61. The van der Waals surface area contributed by atoms with Crippen molar-refractivity contribution in [1.82, 2.24) is 4.98 Å². The summed E-state index contributed by atoms with van der Waals surface area (Å²) in [5.74, 6) is 0. The van der Waals surface area contributed by atoms with Gasteiger partial charge in [-0.3, -0.25) is 9.71 Å². The van der Waals surface area contributed by atoms with E-state index in [1.54, 1.807) is 18.3 Å². The molecule has 0 bridgehead atoms.